The molecule has 1 aromatic heterocycles. The third-order valence-electron chi connectivity index (χ3n) is 5.58. The highest BCUT2D eigenvalue weighted by atomic mass is 16.5. The van der Waals surface area contributed by atoms with Gasteiger partial charge in [-0.2, -0.15) is 0 Å². The van der Waals surface area contributed by atoms with Crippen molar-refractivity contribution in [3.63, 3.8) is 0 Å². The van der Waals surface area contributed by atoms with Crippen molar-refractivity contribution in [2.45, 2.75) is 20.5 Å². The zero-order chi connectivity index (χ0) is 25.3. The molecule has 36 heavy (non-hydrogen) atoms. The number of aromatic nitrogens is 1. The molecule has 0 unspecified atom stereocenters. The molecule has 1 heterocycles. The van der Waals surface area contributed by atoms with E-state index in [1.54, 1.807) is 48.7 Å². The minimum atomic E-state index is -0.495. The van der Waals surface area contributed by atoms with Crippen molar-refractivity contribution in [2.75, 3.05) is 10.6 Å². The van der Waals surface area contributed by atoms with Crippen molar-refractivity contribution in [2.24, 2.45) is 0 Å². The molecule has 0 atom stereocenters. The van der Waals surface area contributed by atoms with E-state index in [4.69, 9.17) is 4.74 Å². The van der Waals surface area contributed by atoms with Gasteiger partial charge in [0.25, 0.3) is 11.8 Å². The van der Waals surface area contributed by atoms with Gasteiger partial charge in [0.1, 0.15) is 17.9 Å². The number of rotatable bonds is 8. The Bertz CT molecular complexity index is 1320. The van der Waals surface area contributed by atoms with Crippen LogP contribution in [-0.4, -0.2) is 16.8 Å². The smallest absolute Gasteiger partial charge is 0.261 e. The first-order valence-corrected chi connectivity index (χ1v) is 11.6. The molecule has 0 aliphatic rings. The number of nitrogens with zero attached hydrogens (tertiary/aromatic N) is 1. The van der Waals surface area contributed by atoms with Crippen LogP contribution >= 0.6 is 0 Å². The summed E-state index contributed by atoms with van der Waals surface area (Å²) in [6.45, 7) is 4.14. The van der Waals surface area contributed by atoms with Crippen molar-refractivity contribution in [3.8, 4) is 5.75 Å². The topological polar surface area (TPSA) is 80.3 Å². The van der Waals surface area contributed by atoms with Crippen molar-refractivity contribution in [1.82, 2.24) is 4.98 Å². The molecule has 0 aliphatic carbocycles. The fourth-order valence-corrected chi connectivity index (χ4v) is 3.51. The Morgan fingerprint density at radius 2 is 1.31 bits per heavy atom. The molecule has 2 amide bonds. The lowest BCUT2D eigenvalue weighted by Crippen LogP contribution is -2.25. The Morgan fingerprint density at radius 1 is 0.750 bits per heavy atom. The molecule has 0 spiro atoms. The number of pyridine rings is 1. The van der Waals surface area contributed by atoms with Gasteiger partial charge in [-0.05, 0) is 73.0 Å². The first-order chi connectivity index (χ1) is 17.5. The van der Waals surface area contributed by atoms with Gasteiger partial charge in [-0.3, -0.25) is 14.6 Å². The molecule has 4 rings (SSSR count). The second-order valence-corrected chi connectivity index (χ2v) is 8.27. The summed E-state index contributed by atoms with van der Waals surface area (Å²) < 4.78 is 5.79. The third-order valence-corrected chi connectivity index (χ3v) is 5.58. The van der Waals surface area contributed by atoms with E-state index in [1.165, 1.54) is 0 Å². The van der Waals surface area contributed by atoms with Gasteiger partial charge in [0.2, 0.25) is 0 Å². The molecule has 0 saturated heterocycles. The van der Waals surface area contributed by atoms with E-state index in [0.717, 1.165) is 16.8 Å². The number of hydrogen-bond donors (Lipinski definition) is 2. The van der Waals surface area contributed by atoms with Crippen molar-refractivity contribution >= 4 is 29.3 Å². The summed E-state index contributed by atoms with van der Waals surface area (Å²) in [5, 5.41) is 5.72. The van der Waals surface area contributed by atoms with Crippen molar-refractivity contribution in [1.29, 1.82) is 0 Å². The zero-order valence-electron chi connectivity index (χ0n) is 20.2. The molecule has 0 saturated carbocycles. The van der Waals surface area contributed by atoms with Gasteiger partial charge in [0.05, 0.1) is 5.69 Å². The molecule has 6 nitrogen and oxygen atoms in total. The zero-order valence-corrected chi connectivity index (χ0v) is 20.2. The van der Waals surface area contributed by atoms with Crippen LogP contribution in [0.4, 0.5) is 11.4 Å². The second kappa shape index (κ2) is 11.6. The molecule has 0 aliphatic heterocycles. The van der Waals surface area contributed by atoms with Crippen molar-refractivity contribution in [3.05, 3.63) is 125 Å². The van der Waals surface area contributed by atoms with E-state index in [2.05, 4.69) is 15.6 Å². The highest BCUT2D eigenvalue weighted by Crippen LogP contribution is 2.20. The maximum absolute atomic E-state index is 13.2. The van der Waals surface area contributed by atoms with Gasteiger partial charge in [0, 0.05) is 17.6 Å². The number of para-hydroxylation sites is 2. The Balaban J connectivity index is 1.56. The summed E-state index contributed by atoms with van der Waals surface area (Å²) >= 11 is 0. The van der Waals surface area contributed by atoms with E-state index < -0.39 is 11.8 Å². The lowest BCUT2D eigenvalue weighted by Gasteiger charge is -2.13. The van der Waals surface area contributed by atoms with Crippen LogP contribution in [0.3, 0.4) is 0 Å². The molecule has 3 aromatic carbocycles. The number of nitrogens with one attached hydrogen (secondary N) is 2. The minimum absolute atomic E-state index is 0.0105. The molecule has 0 fully saturated rings. The third kappa shape index (κ3) is 6.45. The highest BCUT2D eigenvalue weighted by Gasteiger charge is 2.20. The number of amides is 2. The van der Waals surface area contributed by atoms with Gasteiger partial charge >= 0.3 is 0 Å². The lowest BCUT2D eigenvalue weighted by molar-refractivity contribution is -0.118. The Hall–Kier alpha value is -4.71. The maximum atomic E-state index is 13.2. The first kappa shape index (κ1) is 24.4. The van der Waals surface area contributed by atoms with Crippen LogP contribution < -0.4 is 15.4 Å². The van der Waals surface area contributed by atoms with Crippen LogP contribution in [0.2, 0.25) is 0 Å². The van der Waals surface area contributed by atoms with Crippen LogP contribution in [0.25, 0.3) is 6.08 Å². The summed E-state index contributed by atoms with van der Waals surface area (Å²) in [7, 11) is 0. The van der Waals surface area contributed by atoms with E-state index >= 15 is 0 Å². The molecule has 0 radical (unpaired) electrons. The SMILES string of the molecule is Cc1ccccc1NC(=O)C(=Cc1ccc(OCc2ccccn2)cc1)C(=O)Nc1ccccc1C. The highest BCUT2D eigenvalue weighted by molar-refractivity contribution is 6.29. The molecule has 0 bridgehead atoms. The number of ether oxygens (including phenoxy) is 1. The largest absolute Gasteiger partial charge is 0.487 e. The molecule has 180 valence electrons. The number of anilines is 2. The van der Waals surface area contributed by atoms with Crippen LogP contribution in [0, 0.1) is 13.8 Å². The molecule has 6 heteroatoms. The Kier molecular flexibility index (Phi) is 7.88. The molecule has 4 aromatic rings. The van der Waals surface area contributed by atoms with Gasteiger partial charge in [-0.15, -0.1) is 0 Å². The summed E-state index contributed by atoms with van der Waals surface area (Å²) in [6.07, 6.45) is 3.29. The normalized spacial score (nSPS) is 10.3. The van der Waals surface area contributed by atoms with Gasteiger partial charge in [-0.25, -0.2) is 0 Å². The first-order valence-electron chi connectivity index (χ1n) is 11.6. The predicted octanol–water partition coefficient (Wildman–Crippen LogP) is 5.94. The molecule has 2 N–H and O–H groups in total. The number of benzene rings is 3. The van der Waals surface area contributed by atoms with Crippen LogP contribution in [0.5, 0.6) is 5.75 Å². The predicted molar refractivity (Wildman–Crippen MR) is 143 cm³/mol. The van der Waals surface area contributed by atoms with E-state index in [0.29, 0.717) is 29.3 Å². The quantitative estimate of drug-likeness (QED) is 0.187. The van der Waals surface area contributed by atoms with Crippen LogP contribution in [-0.2, 0) is 16.2 Å². The van der Waals surface area contributed by atoms with Gasteiger partial charge < -0.3 is 15.4 Å². The van der Waals surface area contributed by atoms with E-state index in [9.17, 15) is 9.59 Å². The Morgan fingerprint density at radius 3 is 1.83 bits per heavy atom. The number of hydrogen-bond acceptors (Lipinski definition) is 4. The maximum Gasteiger partial charge on any atom is 0.261 e. The molecular formula is C30H27N3O3. The molecular weight excluding hydrogens is 450 g/mol. The van der Waals surface area contributed by atoms with Crippen LogP contribution in [0.1, 0.15) is 22.4 Å². The lowest BCUT2D eigenvalue weighted by atomic mass is 10.1. The average Bonchev–Trinajstić information content (AvgIpc) is 2.90. The summed E-state index contributed by atoms with van der Waals surface area (Å²) in [5.74, 6) is -0.329. The fraction of sp³-hybridized carbons (Fsp3) is 0.100. The number of carbonyl (C=O) groups is 2. The average molecular weight is 478 g/mol. The number of aryl methyl sites for hydroxylation is 2. The summed E-state index contributed by atoms with van der Waals surface area (Å²) in [4.78, 5) is 30.7. The Labute approximate surface area is 210 Å². The monoisotopic (exact) mass is 477 g/mol. The standard InChI is InChI=1S/C30H27N3O3/c1-21-9-3-5-12-27(21)32-29(34)26(30(35)33-28-13-6-4-10-22(28)2)19-23-14-16-25(17-15-23)36-20-24-11-7-8-18-31-24/h3-19H,20H2,1-2H3,(H,32,34)(H,33,35). The van der Waals surface area contributed by atoms with Crippen molar-refractivity contribution < 1.29 is 14.3 Å². The minimum Gasteiger partial charge on any atom is -0.487 e. The number of carbonyl (C=O) groups excluding carboxylic acids is 2. The summed E-state index contributed by atoms with van der Waals surface area (Å²) in [5.41, 5.74) is 4.60. The van der Waals surface area contributed by atoms with Gasteiger partial charge in [0.15, 0.2) is 0 Å². The van der Waals surface area contributed by atoms with Gasteiger partial charge in [-0.1, -0.05) is 54.6 Å². The second-order valence-electron chi connectivity index (χ2n) is 8.27. The summed E-state index contributed by atoms with van der Waals surface area (Å²) in [6, 6.07) is 27.7. The van der Waals surface area contributed by atoms with E-state index in [1.807, 2.05) is 68.4 Å². The fourth-order valence-electron chi connectivity index (χ4n) is 3.51. The van der Waals surface area contributed by atoms with Crippen LogP contribution in [0.15, 0.2) is 103 Å². The van der Waals surface area contributed by atoms with E-state index in [-0.39, 0.29) is 5.57 Å².